The average Bonchev–Trinajstić information content (AvgIpc) is 3.17. The van der Waals surface area contributed by atoms with Crippen LogP contribution in [0.4, 0.5) is 0 Å². The maximum absolute atomic E-state index is 14.5. The number of nitrogens with zero attached hydrogens (tertiary/aromatic N) is 2. The van der Waals surface area contributed by atoms with Crippen LogP contribution < -0.4 is 10.9 Å². The van der Waals surface area contributed by atoms with E-state index in [0.717, 1.165) is 80.7 Å². The van der Waals surface area contributed by atoms with Crippen molar-refractivity contribution in [2.75, 3.05) is 0 Å². The zero-order chi connectivity index (χ0) is 39.9. The van der Waals surface area contributed by atoms with E-state index >= 15 is 0 Å². The molecule has 3 aromatic carbocycles. The Kier molecular flexibility index (Phi) is 17.6. The lowest BCUT2D eigenvalue weighted by Gasteiger charge is -2.20. The lowest BCUT2D eigenvalue weighted by molar-refractivity contribution is 0.533. The maximum atomic E-state index is 14.5. The second-order valence-electron chi connectivity index (χ2n) is 17.6. The van der Waals surface area contributed by atoms with E-state index in [4.69, 9.17) is 0 Å². The number of benzene rings is 3. The Hall–Kier alpha value is -3.40. The van der Waals surface area contributed by atoms with Crippen LogP contribution in [0.15, 0.2) is 46.0 Å². The third-order valence-corrected chi connectivity index (χ3v) is 12.6. The molecule has 306 valence electrons. The predicted molar refractivity (Wildman–Crippen MR) is 246 cm³/mol. The first-order chi connectivity index (χ1) is 27.3. The summed E-state index contributed by atoms with van der Waals surface area (Å²) in [4.78, 5) is 29.1. The highest BCUT2D eigenvalue weighted by molar-refractivity contribution is 6.04. The third-order valence-electron chi connectivity index (χ3n) is 12.6. The van der Waals surface area contributed by atoms with E-state index in [0.29, 0.717) is 0 Å². The minimum Gasteiger partial charge on any atom is -0.340 e. The van der Waals surface area contributed by atoms with Crippen LogP contribution in [0.2, 0.25) is 0 Å². The Morgan fingerprint density at radius 2 is 0.643 bits per heavy atom. The fraction of sp³-hybridized carbons (Fsp3) is 0.615. The fourth-order valence-corrected chi connectivity index (χ4v) is 9.53. The summed E-state index contributed by atoms with van der Waals surface area (Å²) in [5.41, 5.74) is 8.40. The van der Waals surface area contributed by atoms with E-state index in [2.05, 4.69) is 87.1 Å². The first kappa shape index (κ1) is 43.7. The van der Waals surface area contributed by atoms with Gasteiger partial charge >= 0.3 is 0 Å². The summed E-state index contributed by atoms with van der Waals surface area (Å²) < 4.78 is 4.76. The van der Waals surface area contributed by atoms with Gasteiger partial charge in [0.05, 0.1) is 22.1 Å². The van der Waals surface area contributed by atoms with E-state index in [1.807, 2.05) is 0 Å². The highest BCUT2D eigenvalue weighted by atomic mass is 16.1. The van der Waals surface area contributed by atoms with Gasteiger partial charge in [-0.25, -0.2) is 0 Å². The molecule has 0 saturated carbocycles. The minimum absolute atomic E-state index is 0.0882. The zero-order valence-corrected chi connectivity index (χ0v) is 36.6. The van der Waals surface area contributed by atoms with Gasteiger partial charge in [0, 0.05) is 34.6 Å². The van der Waals surface area contributed by atoms with E-state index in [1.54, 1.807) is 0 Å². The van der Waals surface area contributed by atoms with Crippen LogP contribution in [-0.4, -0.2) is 9.13 Å². The number of hydrogen-bond acceptors (Lipinski definition) is 2. The summed E-state index contributed by atoms with van der Waals surface area (Å²) in [6, 6.07) is 12.8. The molecule has 5 rings (SSSR count). The van der Waals surface area contributed by atoms with Gasteiger partial charge < -0.3 is 9.13 Å². The molecule has 4 nitrogen and oxygen atoms in total. The number of unbranched alkanes of at least 4 members (excludes halogenated alkanes) is 22. The van der Waals surface area contributed by atoms with Crippen LogP contribution in [0.1, 0.15) is 190 Å². The molecular formula is C52H76N2O2. The van der Waals surface area contributed by atoms with E-state index in [9.17, 15) is 9.59 Å². The second kappa shape index (κ2) is 22.5. The number of rotatable bonds is 26. The summed E-state index contributed by atoms with van der Waals surface area (Å²) in [5, 5.41) is 3.12. The van der Waals surface area contributed by atoms with Crippen molar-refractivity contribution in [3.8, 4) is 0 Å². The molecule has 0 radical (unpaired) electrons. The Morgan fingerprint density at radius 1 is 0.357 bits per heavy atom. The van der Waals surface area contributed by atoms with Gasteiger partial charge in [-0.3, -0.25) is 9.59 Å². The summed E-state index contributed by atoms with van der Waals surface area (Å²) >= 11 is 0. The third kappa shape index (κ3) is 11.4. The summed E-state index contributed by atoms with van der Waals surface area (Å²) in [5.74, 6) is 0. The van der Waals surface area contributed by atoms with Gasteiger partial charge in [-0.15, -0.1) is 0 Å². The van der Waals surface area contributed by atoms with Gasteiger partial charge in [0.1, 0.15) is 0 Å². The summed E-state index contributed by atoms with van der Waals surface area (Å²) in [7, 11) is 0. The first-order valence-corrected chi connectivity index (χ1v) is 23.3. The Morgan fingerprint density at radius 3 is 0.946 bits per heavy atom. The number of fused-ring (bicyclic) bond motifs is 4. The molecule has 0 spiro atoms. The molecule has 5 aromatic rings. The van der Waals surface area contributed by atoms with Crippen LogP contribution in [0.5, 0.6) is 0 Å². The maximum Gasteiger partial charge on any atom is 0.197 e. The monoisotopic (exact) mass is 761 g/mol. The lowest BCUT2D eigenvalue weighted by atomic mass is 9.98. The first-order valence-electron chi connectivity index (χ1n) is 23.3. The van der Waals surface area contributed by atoms with Gasteiger partial charge in [0.25, 0.3) is 0 Å². The van der Waals surface area contributed by atoms with Gasteiger partial charge in [0.2, 0.25) is 0 Å². The topological polar surface area (TPSA) is 44.0 Å². The van der Waals surface area contributed by atoms with Crippen molar-refractivity contribution < 1.29 is 0 Å². The number of aryl methyl sites for hydroxylation is 6. The van der Waals surface area contributed by atoms with Gasteiger partial charge in [0.15, 0.2) is 10.9 Å². The van der Waals surface area contributed by atoms with Crippen molar-refractivity contribution in [1.29, 1.82) is 0 Å². The predicted octanol–water partition coefficient (Wildman–Crippen LogP) is 15.3. The Labute approximate surface area is 339 Å². The van der Waals surface area contributed by atoms with Crippen LogP contribution in [0.25, 0.3) is 43.6 Å². The molecular weight excluding hydrogens is 685 g/mol. The van der Waals surface area contributed by atoms with Crippen molar-refractivity contribution in [2.45, 2.75) is 209 Å². The highest BCUT2D eigenvalue weighted by Crippen LogP contribution is 2.30. The van der Waals surface area contributed by atoms with Gasteiger partial charge in [-0.05, 0) is 87.1 Å². The van der Waals surface area contributed by atoms with E-state index < -0.39 is 0 Å². The fourth-order valence-electron chi connectivity index (χ4n) is 9.53. The molecule has 0 N–H and O–H groups in total. The SMILES string of the molecule is CCCCCCCCCCCCCCn1c2cc3c(=O)c4c(C)cc(C)cc4n(CCCCCCCCCCCCCC)c3cc2c(=O)c2c(C)cc(C)cc21. The largest absolute Gasteiger partial charge is 0.340 e. The Balaban J connectivity index is 1.39. The van der Waals surface area contributed by atoms with Crippen LogP contribution in [-0.2, 0) is 13.1 Å². The quantitative estimate of drug-likeness (QED) is 0.0416. The van der Waals surface area contributed by atoms with Gasteiger partial charge in [-0.2, -0.15) is 0 Å². The van der Waals surface area contributed by atoms with Crippen molar-refractivity contribution >= 4 is 43.6 Å². The van der Waals surface area contributed by atoms with Gasteiger partial charge in [-0.1, -0.05) is 167 Å². The Bertz CT molecular complexity index is 1980. The molecule has 2 aromatic heterocycles. The lowest BCUT2D eigenvalue weighted by Crippen LogP contribution is -2.17. The van der Waals surface area contributed by atoms with E-state index in [-0.39, 0.29) is 10.9 Å². The molecule has 56 heavy (non-hydrogen) atoms. The summed E-state index contributed by atoms with van der Waals surface area (Å²) in [6.45, 7) is 14.7. The van der Waals surface area contributed by atoms with Crippen molar-refractivity contribution in [3.05, 3.63) is 79.1 Å². The van der Waals surface area contributed by atoms with Crippen molar-refractivity contribution in [3.63, 3.8) is 0 Å². The van der Waals surface area contributed by atoms with Crippen LogP contribution >= 0.6 is 0 Å². The highest BCUT2D eigenvalue weighted by Gasteiger charge is 2.19. The standard InChI is InChI=1S/C52H76N2O2/c1-7-9-11-13-15-17-19-21-23-25-27-29-31-53-45-37-44-46(38-43(45)51(55)49-41(5)33-39(3)35-47(49)53)54(48-36-40(4)34-42(6)50(48)52(44)56)32-30-28-26-24-22-20-18-16-14-12-10-8-2/h33-38H,7-32H2,1-6H3. The molecule has 4 heteroatoms. The molecule has 0 fully saturated rings. The summed E-state index contributed by atoms with van der Waals surface area (Å²) in [6.07, 6.45) is 31.5. The van der Waals surface area contributed by atoms with Crippen LogP contribution in [0, 0.1) is 27.7 Å². The van der Waals surface area contributed by atoms with Crippen LogP contribution in [0.3, 0.4) is 0 Å². The molecule has 0 aliphatic rings. The molecule has 0 atom stereocenters. The number of hydrogen-bond donors (Lipinski definition) is 0. The molecule has 2 heterocycles. The number of aromatic nitrogens is 2. The minimum atomic E-state index is 0.0882. The average molecular weight is 761 g/mol. The molecule has 0 aliphatic heterocycles. The van der Waals surface area contributed by atoms with E-state index in [1.165, 1.54) is 152 Å². The molecule has 0 bridgehead atoms. The molecule has 0 saturated heterocycles. The smallest absolute Gasteiger partial charge is 0.197 e. The second-order valence-corrected chi connectivity index (χ2v) is 17.6. The zero-order valence-electron chi connectivity index (χ0n) is 36.6. The van der Waals surface area contributed by atoms with Crippen molar-refractivity contribution in [1.82, 2.24) is 9.13 Å². The molecule has 0 amide bonds. The normalized spacial score (nSPS) is 12.0. The van der Waals surface area contributed by atoms with Crippen molar-refractivity contribution in [2.24, 2.45) is 0 Å². The molecule has 0 aliphatic carbocycles. The molecule has 0 unspecified atom stereocenters. The number of pyridine rings is 2.